The number of aliphatic hydroxyl groups excluding tert-OH is 1. The van der Waals surface area contributed by atoms with Crippen LogP contribution in [0, 0.1) is 5.92 Å². The lowest BCUT2D eigenvalue weighted by atomic mass is 10.0. The van der Waals surface area contributed by atoms with Crippen molar-refractivity contribution in [2.24, 2.45) is 5.92 Å². The van der Waals surface area contributed by atoms with Crippen molar-refractivity contribution in [1.82, 2.24) is 9.21 Å². The molecule has 0 aromatic heterocycles. The predicted molar refractivity (Wildman–Crippen MR) is 138 cm³/mol. The molecule has 0 saturated heterocycles. The summed E-state index contributed by atoms with van der Waals surface area (Å²) in [6.07, 6.45) is -1.52. The maximum Gasteiger partial charge on any atom is 0.416 e. The summed E-state index contributed by atoms with van der Waals surface area (Å²) in [5, 5.41) is 12.3. The average Bonchev–Trinajstić information content (AvgIpc) is 2.85. The van der Waals surface area contributed by atoms with E-state index in [1.54, 1.807) is 38.1 Å². The van der Waals surface area contributed by atoms with Gasteiger partial charge in [0.15, 0.2) is 0 Å². The first-order valence-corrected chi connectivity index (χ1v) is 13.5. The first-order chi connectivity index (χ1) is 17.8. The zero-order valence-electron chi connectivity index (χ0n) is 21.6. The lowest BCUT2D eigenvalue weighted by Gasteiger charge is -2.37. The molecule has 0 aliphatic carbocycles. The van der Waals surface area contributed by atoms with Gasteiger partial charge in [0.05, 0.1) is 18.7 Å². The van der Waals surface area contributed by atoms with Crippen LogP contribution in [-0.4, -0.2) is 67.7 Å². The minimum atomic E-state index is -4.48. The van der Waals surface area contributed by atoms with Crippen molar-refractivity contribution in [3.63, 3.8) is 0 Å². The number of carbonyl (C=O) groups is 1. The zero-order valence-corrected chi connectivity index (χ0v) is 22.4. The third-order valence-corrected chi connectivity index (χ3v) is 8.33. The molecule has 2 aromatic rings. The molecule has 0 spiro atoms. The number of nitrogens with one attached hydrogen (secondary N) is 1. The highest BCUT2D eigenvalue weighted by atomic mass is 32.2. The van der Waals surface area contributed by atoms with Crippen LogP contribution in [0.1, 0.15) is 31.9 Å². The molecule has 0 radical (unpaired) electrons. The Morgan fingerprint density at radius 3 is 2.50 bits per heavy atom. The third kappa shape index (κ3) is 6.66. The van der Waals surface area contributed by atoms with E-state index in [1.807, 2.05) is 6.92 Å². The molecule has 3 rings (SSSR count). The van der Waals surface area contributed by atoms with E-state index < -0.39 is 45.9 Å². The number of anilines is 1. The van der Waals surface area contributed by atoms with E-state index >= 15 is 0 Å². The third-order valence-electron chi connectivity index (χ3n) is 6.31. The van der Waals surface area contributed by atoms with E-state index in [1.165, 1.54) is 34.5 Å². The van der Waals surface area contributed by atoms with Gasteiger partial charge in [-0.05, 0) is 55.8 Å². The van der Waals surface area contributed by atoms with Crippen molar-refractivity contribution < 1.29 is 36.2 Å². The van der Waals surface area contributed by atoms with Crippen LogP contribution in [0.4, 0.5) is 23.7 Å². The molecule has 0 fully saturated rings. The molecule has 8 nitrogen and oxygen atoms in total. The molecule has 3 atom stereocenters. The van der Waals surface area contributed by atoms with E-state index in [9.17, 15) is 31.5 Å². The van der Waals surface area contributed by atoms with Gasteiger partial charge in [-0.15, -0.1) is 0 Å². The first-order valence-electron chi connectivity index (χ1n) is 12.0. The Labute approximate surface area is 220 Å². The Kier molecular flexibility index (Phi) is 9.11. The number of hydrogen-bond acceptors (Lipinski definition) is 5. The summed E-state index contributed by atoms with van der Waals surface area (Å²) in [6.45, 7) is 4.95. The van der Waals surface area contributed by atoms with Gasteiger partial charge < -0.3 is 20.1 Å². The summed E-state index contributed by atoms with van der Waals surface area (Å²) in [6, 6.07) is 7.57. The number of urea groups is 1. The molecule has 0 saturated carbocycles. The van der Waals surface area contributed by atoms with Crippen molar-refractivity contribution in [3.05, 3.63) is 59.7 Å². The number of aliphatic hydroxyl groups is 1. The zero-order chi connectivity index (χ0) is 28.3. The number of ether oxygens (including phenoxy) is 1. The largest absolute Gasteiger partial charge is 0.487 e. The molecular formula is C26H32F3N3O5S. The highest BCUT2D eigenvalue weighted by Crippen LogP contribution is 2.35. The SMILES string of the molecule is C/C=C/c1ccc2c(c1)O[C@@H](CN(C)C(=O)Nc1ccc(C(F)(F)F)cc1)[C@H](C)CN([C@H](C)CO)S2(=O)=O. The van der Waals surface area contributed by atoms with Gasteiger partial charge in [-0.25, -0.2) is 13.2 Å². The number of allylic oxidation sites excluding steroid dienone is 1. The molecule has 1 heterocycles. The predicted octanol–water partition coefficient (Wildman–Crippen LogP) is 4.67. The van der Waals surface area contributed by atoms with Gasteiger partial charge in [0.1, 0.15) is 16.7 Å². The van der Waals surface area contributed by atoms with Gasteiger partial charge in [0.25, 0.3) is 0 Å². The number of halogens is 3. The van der Waals surface area contributed by atoms with Crippen molar-refractivity contribution in [2.45, 2.75) is 44.0 Å². The Hall–Kier alpha value is -3.09. The molecule has 208 valence electrons. The Morgan fingerprint density at radius 1 is 1.26 bits per heavy atom. The smallest absolute Gasteiger partial charge is 0.416 e. The second-order valence-electron chi connectivity index (χ2n) is 9.33. The highest BCUT2D eigenvalue weighted by Gasteiger charge is 2.38. The number of carbonyl (C=O) groups excluding carboxylic acids is 1. The number of sulfonamides is 1. The minimum Gasteiger partial charge on any atom is -0.487 e. The van der Waals surface area contributed by atoms with Crippen molar-refractivity contribution in [1.29, 1.82) is 0 Å². The minimum absolute atomic E-state index is 0.0408. The number of amides is 2. The van der Waals surface area contributed by atoms with Crippen molar-refractivity contribution in [3.8, 4) is 5.75 Å². The molecule has 2 amide bonds. The van der Waals surface area contributed by atoms with Crippen LogP contribution in [0.5, 0.6) is 5.75 Å². The van der Waals surface area contributed by atoms with Crippen molar-refractivity contribution >= 4 is 27.8 Å². The Bertz CT molecular complexity index is 1270. The van der Waals surface area contributed by atoms with Gasteiger partial charge in [-0.1, -0.05) is 25.1 Å². The summed E-state index contributed by atoms with van der Waals surface area (Å²) in [5.41, 5.74) is 0.0913. The normalized spacial score (nSPS) is 20.6. The lowest BCUT2D eigenvalue weighted by molar-refractivity contribution is -0.137. The number of nitrogens with zero attached hydrogens (tertiary/aromatic N) is 2. The van der Waals surface area contributed by atoms with Gasteiger partial charge in [0, 0.05) is 31.2 Å². The van der Waals surface area contributed by atoms with E-state index in [0.717, 1.165) is 17.7 Å². The highest BCUT2D eigenvalue weighted by molar-refractivity contribution is 7.89. The molecular weight excluding hydrogens is 523 g/mol. The van der Waals surface area contributed by atoms with Crippen LogP contribution >= 0.6 is 0 Å². The van der Waals surface area contributed by atoms with E-state index in [0.29, 0.717) is 0 Å². The summed E-state index contributed by atoms with van der Waals surface area (Å²) in [7, 11) is -2.48. The second-order valence-corrected chi connectivity index (χ2v) is 11.2. The number of alkyl halides is 3. The molecule has 38 heavy (non-hydrogen) atoms. The van der Waals surface area contributed by atoms with Crippen molar-refractivity contribution in [2.75, 3.05) is 32.1 Å². The van der Waals surface area contributed by atoms with Crippen LogP contribution in [0.15, 0.2) is 53.4 Å². The van der Waals surface area contributed by atoms with Gasteiger partial charge in [0.2, 0.25) is 10.0 Å². The molecule has 1 aliphatic rings. The fourth-order valence-corrected chi connectivity index (χ4v) is 5.90. The fourth-order valence-electron chi connectivity index (χ4n) is 4.07. The molecule has 0 bridgehead atoms. The van der Waals surface area contributed by atoms with E-state index in [-0.39, 0.29) is 36.0 Å². The van der Waals surface area contributed by atoms with Crippen LogP contribution in [0.25, 0.3) is 6.08 Å². The molecule has 2 N–H and O–H groups in total. The lowest BCUT2D eigenvalue weighted by Crippen LogP contribution is -2.50. The standard InChI is InChI=1S/C26H32F3N3O5S/c1-5-6-19-7-12-24-22(13-19)37-23(17(2)14-32(18(3)16-33)38(24,35)36)15-31(4)25(34)30-21-10-8-20(9-11-21)26(27,28)29/h5-13,17-18,23,33H,14-16H2,1-4H3,(H,30,34)/b6-5+/t17-,18-,23+/m1/s1. The van der Waals surface area contributed by atoms with Gasteiger partial charge in [-0.2, -0.15) is 17.5 Å². The summed E-state index contributed by atoms with van der Waals surface area (Å²) < 4.78 is 72.9. The molecule has 0 unspecified atom stereocenters. The Balaban J connectivity index is 1.87. The summed E-state index contributed by atoms with van der Waals surface area (Å²) in [5.74, 6) is -0.262. The number of hydrogen-bond donors (Lipinski definition) is 2. The van der Waals surface area contributed by atoms with E-state index in [2.05, 4.69) is 5.32 Å². The summed E-state index contributed by atoms with van der Waals surface area (Å²) >= 11 is 0. The number of likely N-dealkylation sites (N-methyl/N-ethyl adjacent to an activating group) is 1. The topological polar surface area (TPSA) is 99.2 Å². The van der Waals surface area contributed by atoms with Gasteiger partial charge in [-0.3, -0.25) is 0 Å². The van der Waals surface area contributed by atoms with Crippen LogP contribution in [0.3, 0.4) is 0 Å². The first kappa shape index (κ1) is 29.5. The van der Waals surface area contributed by atoms with Crippen LogP contribution in [-0.2, 0) is 16.2 Å². The quantitative estimate of drug-likeness (QED) is 0.540. The van der Waals surface area contributed by atoms with E-state index in [4.69, 9.17) is 4.74 Å². The number of fused-ring (bicyclic) bond motifs is 1. The second kappa shape index (κ2) is 11.7. The molecule has 1 aliphatic heterocycles. The fraction of sp³-hybridized carbons (Fsp3) is 0.423. The number of rotatable bonds is 6. The maximum absolute atomic E-state index is 13.5. The monoisotopic (exact) mass is 555 g/mol. The van der Waals surface area contributed by atoms with Crippen LogP contribution < -0.4 is 10.1 Å². The summed E-state index contributed by atoms with van der Waals surface area (Å²) in [4.78, 5) is 14.1. The number of benzene rings is 2. The Morgan fingerprint density at radius 2 is 1.92 bits per heavy atom. The van der Waals surface area contributed by atoms with Gasteiger partial charge >= 0.3 is 12.2 Å². The molecule has 12 heteroatoms. The molecule has 2 aromatic carbocycles. The maximum atomic E-state index is 13.5. The van der Waals surface area contributed by atoms with Crippen LogP contribution in [0.2, 0.25) is 0 Å². The average molecular weight is 556 g/mol.